The van der Waals surface area contributed by atoms with Gasteiger partial charge in [-0.3, -0.25) is 4.79 Å². The van der Waals surface area contributed by atoms with Gasteiger partial charge < -0.3 is 15.2 Å². The summed E-state index contributed by atoms with van der Waals surface area (Å²) < 4.78 is 11.9. The van der Waals surface area contributed by atoms with Crippen molar-refractivity contribution in [2.45, 2.75) is 0 Å². The fourth-order valence-electron chi connectivity index (χ4n) is 1.41. The molecule has 1 rings (SSSR count). The van der Waals surface area contributed by atoms with E-state index in [0.29, 0.717) is 10.9 Å². The second-order valence-electron chi connectivity index (χ2n) is 3.91. The van der Waals surface area contributed by atoms with Crippen LogP contribution in [0.4, 0.5) is 5.69 Å². The summed E-state index contributed by atoms with van der Waals surface area (Å²) in [5.41, 5.74) is 1.25. The minimum absolute atomic E-state index is 0.181. The molecule has 0 aromatic heterocycles. The van der Waals surface area contributed by atoms with Crippen LogP contribution in [0.2, 0.25) is 0 Å². The van der Waals surface area contributed by atoms with Crippen LogP contribution >= 0.6 is 7.14 Å². The number of benzene rings is 1. The number of amides is 1. The van der Waals surface area contributed by atoms with Gasteiger partial charge in [-0.1, -0.05) is 0 Å². The maximum absolute atomic E-state index is 11.9. The Balaban J connectivity index is 3.33. The van der Waals surface area contributed by atoms with Gasteiger partial charge in [-0.2, -0.15) is 0 Å². The van der Waals surface area contributed by atoms with Gasteiger partial charge in [0.1, 0.15) is 7.14 Å². The first-order valence-corrected chi connectivity index (χ1v) is 7.59. The standard InChI is InChI=1S/C11H17N2O2P/c1-12-10-6-5-8(16(3,4)15)7-9(10)11(14)13-2/h5-7,12H,1-4H3,(H,13,14). The average Bonchev–Trinajstić information content (AvgIpc) is 2.25. The van der Waals surface area contributed by atoms with E-state index in [4.69, 9.17) is 0 Å². The summed E-state index contributed by atoms with van der Waals surface area (Å²) in [5, 5.41) is 6.22. The lowest BCUT2D eigenvalue weighted by atomic mass is 10.1. The van der Waals surface area contributed by atoms with Gasteiger partial charge in [0.15, 0.2) is 0 Å². The Kier molecular flexibility index (Phi) is 3.76. The van der Waals surface area contributed by atoms with Crippen LogP contribution in [0.5, 0.6) is 0 Å². The van der Waals surface area contributed by atoms with Gasteiger partial charge in [-0.15, -0.1) is 0 Å². The van der Waals surface area contributed by atoms with Crippen LogP contribution in [0.15, 0.2) is 18.2 Å². The Morgan fingerprint density at radius 2 is 1.88 bits per heavy atom. The van der Waals surface area contributed by atoms with Gasteiger partial charge in [-0.05, 0) is 31.5 Å². The van der Waals surface area contributed by atoms with Gasteiger partial charge in [0.05, 0.1) is 5.56 Å². The molecule has 4 nitrogen and oxygen atoms in total. The highest BCUT2D eigenvalue weighted by Gasteiger charge is 2.16. The number of rotatable bonds is 3. The summed E-state index contributed by atoms with van der Waals surface area (Å²) in [4.78, 5) is 11.6. The average molecular weight is 240 g/mol. The van der Waals surface area contributed by atoms with E-state index in [0.717, 1.165) is 5.69 Å². The van der Waals surface area contributed by atoms with Crippen molar-refractivity contribution < 1.29 is 9.36 Å². The predicted molar refractivity (Wildman–Crippen MR) is 68.5 cm³/mol. The predicted octanol–water partition coefficient (Wildman–Crippen LogP) is 1.34. The Bertz CT molecular complexity index is 451. The zero-order chi connectivity index (χ0) is 12.3. The molecule has 0 atom stereocenters. The van der Waals surface area contributed by atoms with Gasteiger partial charge in [0, 0.05) is 25.1 Å². The first-order valence-electron chi connectivity index (χ1n) is 4.99. The lowest BCUT2D eigenvalue weighted by Gasteiger charge is -2.12. The van der Waals surface area contributed by atoms with Crippen LogP contribution in [-0.4, -0.2) is 33.3 Å². The van der Waals surface area contributed by atoms with Gasteiger partial charge in [-0.25, -0.2) is 0 Å². The van der Waals surface area contributed by atoms with Crippen molar-refractivity contribution in [1.82, 2.24) is 5.32 Å². The Morgan fingerprint density at radius 1 is 1.25 bits per heavy atom. The van der Waals surface area contributed by atoms with Crippen molar-refractivity contribution in [3.8, 4) is 0 Å². The minimum atomic E-state index is -2.33. The molecule has 0 saturated heterocycles. The molecule has 1 aromatic carbocycles. The third kappa shape index (κ3) is 2.64. The Morgan fingerprint density at radius 3 is 2.31 bits per heavy atom. The van der Waals surface area contributed by atoms with Crippen molar-refractivity contribution in [3.63, 3.8) is 0 Å². The normalized spacial score (nSPS) is 11.0. The van der Waals surface area contributed by atoms with Crippen LogP contribution < -0.4 is 15.9 Å². The molecule has 5 heteroatoms. The fourth-order valence-corrected chi connectivity index (χ4v) is 2.28. The third-order valence-corrected chi connectivity index (χ3v) is 3.89. The van der Waals surface area contributed by atoms with Crippen molar-refractivity contribution >= 4 is 24.0 Å². The first-order chi connectivity index (χ1) is 7.40. The van der Waals surface area contributed by atoms with Crippen LogP contribution in [0.25, 0.3) is 0 Å². The summed E-state index contributed by atoms with van der Waals surface area (Å²) in [6, 6.07) is 5.25. The second kappa shape index (κ2) is 4.71. The molecular weight excluding hydrogens is 223 g/mol. The molecule has 0 fully saturated rings. The molecule has 1 amide bonds. The van der Waals surface area contributed by atoms with Gasteiger partial charge in [0.25, 0.3) is 5.91 Å². The number of hydrogen-bond acceptors (Lipinski definition) is 3. The van der Waals surface area contributed by atoms with E-state index >= 15 is 0 Å². The lowest BCUT2D eigenvalue weighted by molar-refractivity contribution is 0.0964. The van der Waals surface area contributed by atoms with E-state index in [2.05, 4.69) is 10.6 Å². The molecule has 1 aromatic rings. The van der Waals surface area contributed by atoms with E-state index in [-0.39, 0.29) is 5.91 Å². The van der Waals surface area contributed by atoms with E-state index in [1.54, 1.807) is 45.6 Å². The highest BCUT2D eigenvalue weighted by atomic mass is 31.2. The molecule has 0 heterocycles. The van der Waals surface area contributed by atoms with Crippen molar-refractivity contribution in [3.05, 3.63) is 23.8 Å². The number of anilines is 1. The van der Waals surface area contributed by atoms with E-state index < -0.39 is 7.14 Å². The number of carbonyl (C=O) groups excluding carboxylic acids is 1. The highest BCUT2D eigenvalue weighted by molar-refractivity contribution is 7.70. The van der Waals surface area contributed by atoms with Crippen LogP contribution in [0.3, 0.4) is 0 Å². The topological polar surface area (TPSA) is 58.2 Å². The molecule has 0 aliphatic heterocycles. The molecule has 0 unspecified atom stereocenters. The number of nitrogens with one attached hydrogen (secondary N) is 2. The van der Waals surface area contributed by atoms with E-state index in [9.17, 15) is 9.36 Å². The molecule has 0 bridgehead atoms. The third-order valence-electron chi connectivity index (χ3n) is 2.37. The summed E-state index contributed by atoms with van der Waals surface area (Å²) in [5.74, 6) is -0.181. The highest BCUT2D eigenvalue weighted by Crippen LogP contribution is 2.35. The van der Waals surface area contributed by atoms with E-state index in [1.807, 2.05) is 0 Å². The summed E-state index contributed by atoms with van der Waals surface area (Å²) >= 11 is 0. The Labute approximate surface area is 95.8 Å². The maximum Gasteiger partial charge on any atom is 0.253 e. The largest absolute Gasteiger partial charge is 0.387 e. The first kappa shape index (κ1) is 12.8. The summed E-state index contributed by atoms with van der Waals surface area (Å²) in [7, 11) is 0.991. The quantitative estimate of drug-likeness (QED) is 0.784. The molecule has 0 aliphatic rings. The van der Waals surface area contributed by atoms with Crippen LogP contribution in [0, 0.1) is 0 Å². The minimum Gasteiger partial charge on any atom is -0.387 e. The maximum atomic E-state index is 11.9. The van der Waals surface area contributed by atoms with Crippen LogP contribution in [-0.2, 0) is 4.57 Å². The molecule has 0 radical (unpaired) electrons. The molecule has 0 spiro atoms. The molecule has 16 heavy (non-hydrogen) atoms. The van der Waals surface area contributed by atoms with Crippen molar-refractivity contribution in [2.24, 2.45) is 0 Å². The fraction of sp³-hybridized carbons (Fsp3) is 0.364. The van der Waals surface area contributed by atoms with Crippen molar-refractivity contribution in [2.75, 3.05) is 32.7 Å². The number of hydrogen-bond donors (Lipinski definition) is 2. The van der Waals surface area contributed by atoms with Gasteiger partial charge >= 0.3 is 0 Å². The lowest BCUT2D eigenvalue weighted by Crippen LogP contribution is -2.21. The monoisotopic (exact) mass is 240 g/mol. The smallest absolute Gasteiger partial charge is 0.253 e. The molecule has 0 saturated carbocycles. The zero-order valence-electron chi connectivity index (χ0n) is 10.00. The van der Waals surface area contributed by atoms with E-state index in [1.165, 1.54) is 0 Å². The molecule has 2 N–H and O–H groups in total. The molecule has 0 aliphatic carbocycles. The second-order valence-corrected chi connectivity index (χ2v) is 7.13. The SMILES string of the molecule is CNC(=O)c1cc(P(C)(C)=O)ccc1NC. The van der Waals surface area contributed by atoms with Crippen LogP contribution in [0.1, 0.15) is 10.4 Å². The summed E-state index contributed by atoms with van der Waals surface area (Å²) in [6.45, 7) is 3.38. The van der Waals surface area contributed by atoms with Gasteiger partial charge in [0.2, 0.25) is 0 Å². The zero-order valence-corrected chi connectivity index (χ0v) is 10.9. The molecule has 88 valence electrons. The van der Waals surface area contributed by atoms with Crippen molar-refractivity contribution in [1.29, 1.82) is 0 Å². The number of carbonyl (C=O) groups is 1. The Hall–Kier alpha value is -1.28. The molecular formula is C11H17N2O2P. The summed E-state index contributed by atoms with van der Waals surface area (Å²) in [6.07, 6.45) is 0.